The number of nitrogens with one attached hydrogen (secondary N) is 2. The summed E-state index contributed by atoms with van der Waals surface area (Å²) < 4.78 is 5.07. The zero-order valence-electron chi connectivity index (χ0n) is 15.8. The minimum absolute atomic E-state index is 0.166. The van der Waals surface area contributed by atoms with Crippen LogP contribution in [0.1, 0.15) is 34.3 Å². The van der Waals surface area contributed by atoms with Crippen LogP contribution >= 0.6 is 11.8 Å². The van der Waals surface area contributed by atoms with Gasteiger partial charge in [-0.05, 0) is 43.7 Å². The molecule has 0 aliphatic carbocycles. The number of pyridine rings is 1. The maximum Gasteiger partial charge on any atom is 0.258 e. The van der Waals surface area contributed by atoms with Gasteiger partial charge in [0, 0.05) is 36.3 Å². The first-order valence-electron chi connectivity index (χ1n) is 8.62. The number of hydrogen-bond acceptors (Lipinski definition) is 6. The number of hydrogen-bond donors (Lipinski definition) is 2. The molecule has 7 nitrogen and oxygen atoms in total. The van der Waals surface area contributed by atoms with E-state index in [0.717, 1.165) is 17.0 Å². The molecule has 0 fully saturated rings. The van der Waals surface area contributed by atoms with Gasteiger partial charge in [-0.1, -0.05) is 23.0 Å². The fourth-order valence-corrected chi connectivity index (χ4v) is 3.46. The summed E-state index contributed by atoms with van der Waals surface area (Å²) in [5.41, 5.74) is 3.33. The maximum atomic E-state index is 12.9. The van der Waals surface area contributed by atoms with E-state index in [2.05, 4.69) is 20.8 Å². The van der Waals surface area contributed by atoms with Crippen molar-refractivity contribution in [3.8, 4) is 0 Å². The van der Waals surface area contributed by atoms with E-state index < -0.39 is 0 Å². The van der Waals surface area contributed by atoms with Crippen molar-refractivity contribution >= 4 is 35.0 Å². The number of carbonyl (C=O) groups excluding carboxylic acids is 2. The minimum Gasteiger partial charge on any atom is -0.361 e. The number of thioether (sulfide) groups is 1. The van der Waals surface area contributed by atoms with Crippen LogP contribution in [0.3, 0.4) is 0 Å². The molecular formula is C20H20N4O3S. The van der Waals surface area contributed by atoms with Crippen molar-refractivity contribution < 1.29 is 14.1 Å². The van der Waals surface area contributed by atoms with Gasteiger partial charge < -0.3 is 15.2 Å². The van der Waals surface area contributed by atoms with Crippen LogP contribution in [0, 0.1) is 13.8 Å². The van der Waals surface area contributed by atoms with Crippen molar-refractivity contribution in [1.29, 1.82) is 0 Å². The van der Waals surface area contributed by atoms with Crippen molar-refractivity contribution in [1.82, 2.24) is 10.1 Å². The molecule has 0 aliphatic heterocycles. The molecule has 0 radical (unpaired) electrons. The Morgan fingerprint density at radius 3 is 2.54 bits per heavy atom. The standard InChI is InChI=1S/C20H20N4O3S/c1-12-10-15(24-27-12)11-28-20-16(6-5-9-21-20)19(26)23-18-8-4-7-17(13(18)2)22-14(3)25/h4-10H,11H2,1-3H3,(H,22,25)(H,23,26). The SMILES string of the molecule is CC(=O)Nc1cccc(NC(=O)c2cccnc2SCc2cc(C)on2)c1C. The van der Waals surface area contributed by atoms with Gasteiger partial charge >= 0.3 is 0 Å². The molecule has 8 heteroatoms. The summed E-state index contributed by atoms with van der Waals surface area (Å²) >= 11 is 1.42. The van der Waals surface area contributed by atoms with Crippen LogP contribution in [0.4, 0.5) is 11.4 Å². The number of benzene rings is 1. The number of nitrogens with zero attached hydrogens (tertiary/aromatic N) is 2. The van der Waals surface area contributed by atoms with Gasteiger partial charge in [0.15, 0.2) is 0 Å². The van der Waals surface area contributed by atoms with Crippen molar-refractivity contribution in [2.75, 3.05) is 10.6 Å². The highest BCUT2D eigenvalue weighted by Crippen LogP contribution is 2.27. The molecule has 0 spiro atoms. The predicted molar refractivity (Wildman–Crippen MR) is 108 cm³/mol. The van der Waals surface area contributed by atoms with Gasteiger partial charge in [-0.15, -0.1) is 0 Å². The molecule has 0 bridgehead atoms. The Hall–Kier alpha value is -3.13. The van der Waals surface area contributed by atoms with E-state index in [4.69, 9.17) is 4.52 Å². The molecule has 0 atom stereocenters. The van der Waals surface area contributed by atoms with Gasteiger partial charge in [-0.2, -0.15) is 0 Å². The van der Waals surface area contributed by atoms with E-state index in [-0.39, 0.29) is 11.8 Å². The molecular weight excluding hydrogens is 376 g/mol. The molecule has 2 aromatic heterocycles. The van der Waals surface area contributed by atoms with E-state index in [0.29, 0.717) is 27.7 Å². The molecule has 2 amide bonds. The van der Waals surface area contributed by atoms with Gasteiger partial charge in [-0.25, -0.2) is 4.98 Å². The zero-order valence-corrected chi connectivity index (χ0v) is 16.6. The predicted octanol–water partition coefficient (Wildman–Crippen LogP) is 4.19. The average Bonchev–Trinajstić information content (AvgIpc) is 3.08. The maximum absolute atomic E-state index is 12.9. The van der Waals surface area contributed by atoms with Gasteiger partial charge in [0.25, 0.3) is 5.91 Å². The smallest absolute Gasteiger partial charge is 0.258 e. The third-order valence-corrected chi connectivity index (χ3v) is 4.98. The lowest BCUT2D eigenvalue weighted by molar-refractivity contribution is -0.114. The van der Waals surface area contributed by atoms with Gasteiger partial charge in [0.05, 0.1) is 11.3 Å². The number of anilines is 2. The molecule has 2 N–H and O–H groups in total. The summed E-state index contributed by atoms with van der Waals surface area (Å²) in [6.07, 6.45) is 1.65. The number of amides is 2. The molecule has 1 aromatic carbocycles. The summed E-state index contributed by atoms with van der Waals surface area (Å²) in [5, 5.41) is 10.2. The Kier molecular flexibility index (Phi) is 6.10. The van der Waals surface area contributed by atoms with Crippen LogP contribution in [0.15, 0.2) is 52.1 Å². The summed E-state index contributed by atoms with van der Waals surface area (Å²) in [6.45, 7) is 5.12. The molecule has 0 saturated heterocycles. The highest BCUT2D eigenvalue weighted by atomic mass is 32.2. The lowest BCUT2D eigenvalue weighted by atomic mass is 10.1. The van der Waals surface area contributed by atoms with Crippen LogP contribution in [0.25, 0.3) is 0 Å². The number of aryl methyl sites for hydroxylation is 1. The largest absolute Gasteiger partial charge is 0.361 e. The average molecular weight is 396 g/mol. The zero-order chi connectivity index (χ0) is 20.1. The summed E-state index contributed by atoms with van der Waals surface area (Å²) in [4.78, 5) is 28.5. The monoisotopic (exact) mass is 396 g/mol. The molecule has 0 saturated carbocycles. The summed E-state index contributed by atoms with van der Waals surface area (Å²) in [5.74, 6) is 0.853. The lowest BCUT2D eigenvalue weighted by Crippen LogP contribution is -2.15. The molecule has 144 valence electrons. The first-order chi connectivity index (χ1) is 13.4. The second-order valence-corrected chi connectivity index (χ2v) is 7.15. The first kappa shape index (κ1) is 19.6. The molecule has 2 heterocycles. The Balaban J connectivity index is 1.77. The number of aromatic nitrogens is 2. The van der Waals surface area contributed by atoms with Crippen LogP contribution in [-0.4, -0.2) is 22.0 Å². The third-order valence-electron chi connectivity index (χ3n) is 3.94. The van der Waals surface area contributed by atoms with Gasteiger partial charge in [0.2, 0.25) is 5.91 Å². The molecule has 28 heavy (non-hydrogen) atoms. The Morgan fingerprint density at radius 1 is 1.11 bits per heavy atom. The lowest BCUT2D eigenvalue weighted by Gasteiger charge is -2.13. The van der Waals surface area contributed by atoms with E-state index in [1.54, 1.807) is 36.5 Å². The number of carbonyl (C=O) groups is 2. The van der Waals surface area contributed by atoms with E-state index in [1.807, 2.05) is 19.9 Å². The first-order valence-corrected chi connectivity index (χ1v) is 9.61. The minimum atomic E-state index is -0.269. The van der Waals surface area contributed by atoms with Crippen molar-refractivity contribution in [2.45, 2.75) is 31.6 Å². The fourth-order valence-electron chi connectivity index (χ4n) is 2.59. The quantitative estimate of drug-likeness (QED) is 0.607. The Labute approximate surface area is 166 Å². The summed E-state index contributed by atoms with van der Waals surface area (Å²) in [6, 6.07) is 10.7. The molecule has 3 aromatic rings. The summed E-state index contributed by atoms with van der Waals surface area (Å²) in [7, 11) is 0. The van der Waals surface area contributed by atoms with Crippen LogP contribution < -0.4 is 10.6 Å². The highest BCUT2D eigenvalue weighted by Gasteiger charge is 2.15. The van der Waals surface area contributed by atoms with E-state index in [1.165, 1.54) is 18.7 Å². The van der Waals surface area contributed by atoms with E-state index >= 15 is 0 Å². The van der Waals surface area contributed by atoms with Gasteiger partial charge in [0.1, 0.15) is 10.8 Å². The topological polar surface area (TPSA) is 97.1 Å². The molecule has 0 unspecified atom stereocenters. The Bertz CT molecular complexity index is 1020. The van der Waals surface area contributed by atoms with Crippen molar-refractivity contribution in [3.63, 3.8) is 0 Å². The van der Waals surface area contributed by atoms with Crippen molar-refractivity contribution in [3.05, 3.63) is 65.2 Å². The molecule has 0 aliphatic rings. The van der Waals surface area contributed by atoms with Crippen molar-refractivity contribution in [2.24, 2.45) is 0 Å². The van der Waals surface area contributed by atoms with Crippen LogP contribution in [0.5, 0.6) is 0 Å². The second kappa shape index (κ2) is 8.71. The molecule has 3 rings (SSSR count). The Morgan fingerprint density at radius 2 is 1.86 bits per heavy atom. The fraction of sp³-hybridized carbons (Fsp3) is 0.200. The second-order valence-electron chi connectivity index (χ2n) is 6.19. The van der Waals surface area contributed by atoms with Crippen LogP contribution in [0.2, 0.25) is 0 Å². The normalized spacial score (nSPS) is 10.5. The van der Waals surface area contributed by atoms with E-state index in [9.17, 15) is 9.59 Å². The van der Waals surface area contributed by atoms with Gasteiger partial charge in [-0.3, -0.25) is 9.59 Å². The highest BCUT2D eigenvalue weighted by molar-refractivity contribution is 7.98. The van der Waals surface area contributed by atoms with Crippen LogP contribution in [-0.2, 0) is 10.5 Å². The number of rotatable bonds is 6. The third kappa shape index (κ3) is 4.77.